The standard InChI is InChI=1S/C11H13ClFN3/c1-7(14)10(15)11(12)16-6-8-4-2-3-5-9(8)13/h2-5H,6,14-15H2,1H3. The van der Waals surface area contributed by atoms with Crippen LogP contribution in [0, 0.1) is 5.82 Å². The molecule has 0 atom stereocenters. The lowest BCUT2D eigenvalue weighted by molar-refractivity contribution is 0.611. The Hall–Kier alpha value is -1.55. The molecule has 4 N–H and O–H groups in total. The van der Waals surface area contributed by atoms with E-state index in [0.29, 0.717) is 11.3 Å². The van der Waals surface area contributed by atoms with Crippen molar-refractivity contribution in [3.63, 3.8) is 0 Å². The van der Waals surface area contributed by atoms with Crippen molar-refractivity contribution in [2.45, 2.75) is 13.5 Å². The zero-order chi connectivity index (χ0) is 12.1. The van der Waals surface area contributed by atoms with Crippen molar-refractivity contribution in [3.8, 4) is 0 Å². The van der Waals surface area contributed by atoms with Gasteiger partial charge in [0, 0.05) is 11.3 Å². The molecule has 0 heterocycles. The molecule has 3 nitrogen and oxygen atoms in total. The molecule has 1 aromatic rings. The molecule has 0 radical (unpaired) electrons. The van der Waals surface area contributed by atoms with E-state index in [0.717, 1.165) is 0 Å². The summed E-state index contributed by atoms with van der Waals surface area (Å²) in [4.78, 5) is 3.96. The number of rotatable bonds is 3. The Kier molecular flexibility index (Phi) is 4.31. The van der Waals surface area contributed by atoms with Gasteiger partial charge in [-0.1, -0.05) is 29.8 Å². The van der Waals surface area contributed by atoms with Gasteiger partial charge in [-0.3, -0.25) is 4.99 Å². The molecule has 0 aliphatic heterocycles. The average Bonchev–Trinajstić information content (AvgIpc) is 2.26. The molecule has 0 fully saturated rings. The highest BCUT2D eigenvalue weighted by molar-refractivity contribution is 6.69. The summed E-state index contributed by atoms with van der Waals surface area (Å²) in [6.45, 7) is 1.76. The number of benzene rings is 1. The second kappa shape index (κ2) is 5.51. The van der Waals surface area contributed by atoms with Crippen molar-refractivity contribution in [3.05, 3.63) is 47.0 Å². The normalized spacial score (nSPS) is 13.6. The van der Waals surface area contributed by atoms with E-state index in [9.17, 15) is 4.39 Å². The Morgan fingerprint density at radius 3 is 2.56 bits per heavy atom. The SMILES string of the molecule is CC(N)=C(N)C(Cl)=NCc1ccccc1F. The van der Waals surface area contributed by atoms with Crippen LogP contribution in [0.5, 0.6) is 0 Å². The molecule has 0 aliphatic rings. The van der Waals surface area contributed by atoms with Crippen LogP contribution in [0.1, 0.15) is 12.5 Å². The highest BCUT2D eigenvalue weighted by Gasteiger charge is 2.03. The van der Waals surface area contributed by atoms with E-state index in [4.69, 9.17) is 23.1 Å². The first kappa shape index (κ1) is 12.5. The third-order valence-electron chi connectivity index (χ3n) is 1.99. The lowest BCUT2D eigenvalue weighted by atomic mass is 10.2. The summed E-state index contributed by atoms with van der Waals surface area (Å²) < 4.78 is 13.2. The molecule has 0 spiro atoms. The Bertz CT molecular complexity index is 437. The number of hydrogen-bond donors (Lipinski definition) is 2. The van der Waals surface area contributed by atoms with Crippen LogP contribution in [0.3, 0.4) is 0 Å². The summed E-state index contributed by atoms with van der Waals surface area (Å²) in [7, 11) is 0. The third-order valence-corrected chi connectivity index (χ3v) is 2.32. The lowest BCUT2D eigenvalue weighted by Crippen LogP contribution is -2.13. The maximum absolute atomic E-state index is 13.2. The average molecular weight is 242 g/mol. The van der Waals surface area contributed by atoms with Gasteiger partial charge in [0.25, 0.3) is 0 Å². The molecule has 16 heavy (non-hydrogen) atoms. The number of halogens is 2. The predicted molar refractivity (Wildman–Crippen MR) is 64.5 cm³/mol. The molecule has 0 saturated heterocycles. The number of nitrogens with two attached hydrogens (primary N) is 2. The zero-order valence-electron chi connectivity index (χ0n) is 8.87. The van der Waals surface area contributed by atoms with Gasteiger partial charge < -0.3 is 11.5 Å². The highest BCUT2D eigenvalue weighted by atomic mass is 35.5. The molecule has 5 heteroatoms. The molecular weight excluding hydrogens is 229 g/mol. The quantitative estimate of drug-likeness (QED) is 0.796. The Morgan fingerprint density at radius 1 is 1.38 bits per heavy atom. The minimum absolute atomic E-state index is 0.100. The summed E-state index contributed by atoms with van der Waals surface area (Å²) in [5.74, 6) is -0.317. The largest absolute Gasteiger partial charge is 0.401 e. The molecule has 1 rings (SSSR count). The van der Waals surface area contributed by atoms with Crippen LogP contribution >= 0.6 is 11.6 Å². The summed E-state index contributed by atoms with van der Waals surface area (Å²) in [6.07, 6.45) is 0. The van der Waals surface area contributed by atoms with Gasteiger partial charge >= 0.3 is 0 Å². The predicted octanol–water partition coefficient (Wildman–Crippen LogP) is 2.11. The molecule has 0 aromatic heterocycles. The van der Waals surface area contributed by atoms with E-state index in [1.807, 2.05) is 0 Å². The molecule has 0 bridgehead atoms. The van der Waals surface area contributed by atoms with Gasteiger partial charge in [0.15, 0.2) is 0 Å². The van der Waals surface area contributed by atoms with E-state index in [2.05, 4.69) is 4.99 Å². The lowest BCUT2D eigenvalue weighted by Gasteiger charge is -2.02. The van der Waals surface area contributed by atoms with E-state index in [1.165, 1.54) is 6.07 Å². The smallest absolute Gasteiger partial charge is 0.148 e. The molecule has 0 saturated carbocycles. The Labute approximate surface area is 98.6 Å². The van der Waals surface area contributed by atoms with Gasteiger partial charge in [-0.05, 0) is 13.0 Å². The van der Waals surface area contributed by atoms with E-state index < -0.39 is 0 Å². The fourth-order valence-corrected chi connectivity index (χ4v) is 1.24. The minimum Gasteiger partial charge on any atom is -0.401 e. The summed E-state index contributed by atoms with van der Waals surface area (Å²) in [6, 6.07) is 6.35. The van der Waals surface area contributed by atoms with E-state index in [-0.39, 0.29) is 23.2 Å². The van der Waals surface area contributed by atoms with Gasteiger partial charge in [0.2, 0.25) is 0 Å². The zero-order valence-corrected chi connectivity index (χ0v) is 9.63. The summed E-state index contributed by atoms with van der Waals surface area (Å²) >= 11 is 5.79. The number of allylic oxidation sites excluding steroid dienone is 2. The summed E-state index contributed by atoms with van der Waals surface area (Å²) in [5, 5.41) is 0.100. The van der Waals surface area contributed by atoms with Crippen molar-refractivity contribution in [2.24, 2.45) is 16.5 Å². The van der Waals surface area contributed by atoms with Crippen LogP contribution in [-0.4, -0.2) is 5.17 Å². The Morgan fingerprint density at radius 2 is 2.00 bits per heavy atom. The number of nitrogens with zero attached hydrogens (tertiary/aromatic N) is 1. The second-order valence-electron chi connectivity index (χ2n) is 3.30. The van der Waals surface area contributed by atoms with Crippen molar-refractivity contribution in [1.29, 1.82) is 0 Å². The maximum atomic E-state index is 13.2. The van der Waals surface area contributed by atoms with Gasteiger partial charge in [-0.2, -0.15) is 0 Å². The molecule has 1 aromatic carbocycles. The van der Waals surface area contributed by atoms with Crippen LogP contribution < -0.4 is 11.5 Å². The molecule has 0 aliphatic carbocycles. The Balaban J connectivity index is 2.82. The third kappa shape index (κ3) is 3.24. The summed E-state index contributed by atoms with van der Waals surface area (Å²) in [5.41, 5.74) is 12.1. The van der Waals surface area contributed by atoms with Crippen molar-refractivity contribution < 1.29 is 4.39 Å². The first-order valence-electron chi connectivity index (χ1n) is 4.68. The van der Waals surface area contributed by atoms with E-state index >= 15 is 0 Å². The number of hydrogen-bond acceptors (Lipinski definition) is 3. The maximum Gasteiger partial charge on any atom is 0.148 e. The van der Waals surface area contributed by atoms with Crippen LogP contribution in [0.25, 0.3) is 0 Å². The molecule has 0 amide bonds. The monoisotopic (exact) mass is 241 g/mol. The topological polar surface area (TPSA) is 64.4 Å². The molecular formula is C11H13ClFN3. The molecule has 86 valence electrons. The fraction of sp³-hybridized carbons (Fsp3) is 0.182. The van der Waals surface area contributed by atoms with Crippen LogP contribution in [-0.2, 0) is 6.54 Å². The van der Waals surface area contributed by atoms with Crippen molar-refractivity contribution in [1.82, 2.24) is 0 Å². The fourth-order valence-electron chi connectivity index (χ4n) is 1.03. The van der Waals surface area contributed by atoms with Crippen molar-refractivity contribution in [2.75, 3.05) is 0 Å². The first-order valence-corrected chi connectivity index (χ1v) is 5.05. The van der Waals surface area contributed by atoms with Gasteiger partial charge in [-0.15, -0.1) is 0 Å². The van der Waals surface area contributed by atoms with Gasteiger partial charge in [-0.25, -0.2) is 4.39 Å². The van der Waals surface area contributed by atoms with Crippen LogP contribution in [0.2, 0.25) is 0 Å². The van der Waals surface area contributed by atoms with E-state index in [1.54, 1.807) is 25.1 Å². The number of aliphatic imine (C=N–C) groups is 1. The van der Waals surface area contributed by atoms with Gasteiger partial charge in [0.1, 0.15) is 11.0 Å². The van der Waals surface area contributed by atoms with Gasteiger partial charge in [0.05, 0.1) is 12.2 Å². The van der Waals surface area contributed by atoms with Crippen molar-refractivity contribution >= 4 is 16.8 Å². The first-order chi connectivity index (χ1) is 7.52. The van der Waals surface area contributed by atoms with Crippen LogP contribution in [0.4, 0.5) is 4.39 Å². The minimum atomic E-state index is -0.317. The van der Waals surface area contributed by atoms with Crippen LogP contribution in [0.15, 0.2) is 40.7 Å². The highest BCUT2D eigenvalue weighted by Crippen LogP contribution is 2.09. The second-order valence-corrected chi connectivity index (χ2v) is 3.65. The molecule has 0 unspecified atom stereocenters.